The second kappa shape index (κ2) is 23.7. The molecule has 5 atom stereocenters. The zero-order chi connectivity index (χ0) is 35.9. The molecule has 0 bridgehead atoms. The number of allylic oxidation sites excluding steroid dienone is 2. The smallest absolute Gasteiger partial charge is 0.305 e. The van der Waals surface area contributed by atoms with Crippen molar-refractivity contribution in [2.24, 2.45) is 17.3 Å². The monoisotopic (exact) mass is 680 g/mol. The molecule has 270 valence electrons. The number of aliphatic carboxylic acids is 2. The Balaban J connectivity index is 1.75. The van der Waals surface area contributed by atoms with Crippen molar-refractivity contribution in [1.82, 2.24) is 0 Å². The fourth-order valence-corrected chi connectivity index (χ4v) is 6.02. The molecule has 0 saturated heterocycles. The number of benzene rings is 1. The van der Waals surface area contributed by atoms with Crippen molar-refractivity contribution in [2.75, 3.05) is 6.61 Å². The average molecular weight is 681 g/mol. The maximum absolute atomic E-state index is 12.6. The molecule has 0 unspecified atom stereocenters. The van der Waals surface area contributed by atoms with Crippen LogP contribution < -0.4 is 0 Å². The van der Waals surface area contributed by atoms with Crippen LogP contribution in [0.1, 0.15) is 115 Å². The van der Waals surface area contributed by atoms with Gasteiger partial charge in [-0.15, -0.1) is 23.7 Å². The van der Waals surface area contributed by atoms with E-state index in [9.17, 15) is 29.7 Å². The van der Waals surface area contributed by atoms with Crippen molar-refractivity contribution in [3.8, 4) is 23.7 Å². The Morgan fingerprint density at radius 3 is 2.08 bits per heavy atom. The second-order valence-electron chi connectivity index (χ2n) is 13.6. The number of hydrogen-bond donors (Lipinski definition) is 5. The summed E-state index contributed by atoms with van der Waals surface area (Å²) in [7, 11) is 0. The lowest BCUT2D eigenvalue weighted by atomic mass is 9.84. The van der Waals surface area contributed by atoms with Gasteiger partial charge in [0.25, 0.3) is 0 Å². The fourth-order valence-electron chi connectivity index (χ4n) is 6.02. The minimum absolute atomic E-state index is 0.0632. The summed E-state index contributed by atoms with van der Waals surface area (Å²) >= 11 is 0. The number of carbonyl (C=O) groups is 3. The summed E-state index contributed by atoms with van der Waals surface area (Å²) in [6, 6.07) is 10.1. The number of ether oxygens (including phenoxy) is 1. The van der Waals surface area contributed by atoms with Gasteiger partial charge < -0.3 is 30.3 Å². The lowest BCUT2D eigenvalue weighted by Gasteiger charge is -2.24. The van der Waals surface area contributed by atoms with Crippen LogP contribution in [0.5, 0.6) is 0 Å². The number of hydrogen-bond acceptors (Lipinski definition) is 7. The molecular formula is C40H56O9. The molecule has 49 heavy (non-hydrogen) atoms. The van der Waals surface area contributed by atoms with Crippen LogP contribution in [-0.2, 0) is 25.5 Å². The van der Waals surface area contributed by atoms with E-state index in [1.165, 1.54) is 5.56 Å². The lowest BCUT2D eigenvalue weighted by Crippen LogP contribution is -2.24. The predicted octanol–water partition coefficient (Wildman–Crippen LogP) is 6.08. The van der Waals surface area contributed by atoms with Crippen LogP contribution >= 0.6 is 0 Å². The molecule has 2 rings (SSSR count). The fraction of sp³-hybridized carbons (Fsp3) is 0.625. The van der Waals surface area contributed by atoms with E-state index >= 15 is 0 Å². The number of esters is 1. The Labute approximate surface area is 292 Å². The van der Waals surface area contributed by atoms with Crippen molar-refractivity contribution in [2.45, 2.75) is 134 Å². The Morgan fingerprint density at radius 1 is 0.857 bits per heavy atom. The molecule has 9 nitrogen and oxygen atoms in total. The van der Waals surface area contributed by atoms with Crippen molar-refractivity contribution in [3.05, 3.63) is 48.0 Å². The molecule has 0 spiro atoms. The third-order valence-electron chi connectivity index (χ3n) is 9.04. The molecule has 1 saturated carbocycles. The lowest BCUT2D eigenvalue weighted by molar-refractivity contribution is -0.147. The standard InChI is InChI=1S/C40H56O9/c1-40(27-15-6-4-12-20-37(44)45,28-16-7-5-13-21-38(46)47)30-49-39(48)22-14-3-2-11-19-33-34(36(43)29-35(33)42)26-25-32(41)24-23-31-17-9-8-10-18-31/h2,8-11,17-18,32-36,41-43H,3-5,12-14,19-30H2,1H3,(H,44,45)(H,46,47)/t32-,33+,34+,35-,36+/m0/s1. The maximum Gasteiger partial charge on any atom is 0.305 e. The van der Waals surface area contributed by atoms with Crippen molar-refractivity contribution >= 4 is 17.9 Å². The van der Waals surface area contributed by atoms with E-state index in [0.717, 1.165) is 6.42 Å². The molecule has 0 heterocycles. The summed E-state index contributed by atoms with van der Waals surface area (Å²) < 4.78 is 5.61. The Bertz CT molecular complexity index is 1240. The molecule has 5 N–H and O–H groups in total. The minimum Gasteiger partial charge on any atom is -0.481 e. The van der Waals surface area contributed by atoms with E-state index in [4.69, 9.17) is 14.9 Å². The molecule has 1 aliphatic carbocycles. The summed E-state index contributed by atoms with van der Waals surface area (Å²) in [6.07, 6.45) is 10.4. The van der Waals surface area contributed by atoms with Gasteiger partial charge in [-0.05, 0) is 81.6 Å². The van der Waals surface area contributed by atoms with Crippen molar-refractivity contribution < 1.29 is 44.7 Å². The Hall–Kier alpha value is -3.63. The van der Waals surface area contributed by atoms with Gasteiger partial charge >= 0.3 is 17.9 Å². The Kier molecular flexibility index (Phi) is 20.1. The van der Waals surface area contributed by atoms with Gasteiger partial charge in [0, 0.05) is 50.4 Å². The van der Waals surface area contributed by atoms with Crippen LogP contribution in [-0.4, -0.2) is 68.4 Å². The molecule has 0 aromatic heterocycles. The molecular weight excluding hydrogens is 624 g/mol. The third-order valence-corrected chi connectivity index (χ3v) is 9.04. The summed E-state index contributed by atoms with van der Waals surface area (Å²) in [6.45, 7) is 2.08. The van der Waals surface area contributed by atoms with Crippen LogP contribution in [0.25, 0.3) is 0 Å². The van der Waals surface area contributed by atoms with Crippen LogP contribution in [0, 0.1) is 40.9 Å². The van der Waals surface area contributed by atoms with E-state index in [1.54, 1.807) is 0 Å². The summed E-state index contributed by atoms with van der Waals surface area (Å²) in [4.78, 5) is 34.0. The molecule has 0 amide bonds. The highest BCUT2D eigenvalue weighted by Gasteiger charge is 2.40. The predicted molar refractivity (Wildman–Crippen MR) is 188 cm³/mol. The molecule has 1 aromatic carbocycles. The zero-order valence-electron chi connectivity index (χ0n) is 29.0. The number of rotatable bonds is 22. The first-order valence-corrected chi connectivity index (χ1v) is 17.7. The van der Waals surface area contributed by atoms with Gasteiger partial charge in [-0.2, -0.15) is 0 Å². The first-order chi connectivity index (χ1) is 23.5. The van der Waals surface area contributed by atoms with E-state index in [2.05, 4.69) is 35.8 Å². The van der Waals surface area contributed by atoms with Crippen molar-refractivity contribution in [3.63, 3.8) is 0 Å². The van der Waals surface area contributed by atoms with Gasteiger partial charge in [-0.1, -0.05) is 49.4 Å². The van der Waals surface area contributed by atoms with Gasteiger partial charge in [0.05, 0.1) is 24.9 Å². The number of carbonyl (C=O) groups excluding carboxylic acids is 1. The van der Waals surface area contributed by atoms with Gasteiger partial charge in [-0.25, -0.2) is 0 Å². The summed E-state index contributed by atoms with van der Waals surface area (Å²) in [5.41, 5.74) is 0.671. The normalized spacial score (nSPS) is 19.4. The van der Waals surface area contributed by atoms with Crippen LogP contribution in [0.2, 0.25) is 0 Å². The first-order valence-electron chi connectivity index (χ1n) is 17.7. The van der Waals surface area contributed by atoms with Gasteiger partial charge in [-0.3, -0.25) is 14.4 Å². The van der Waals surface area contributed by atoms with E-state index in [1.807, 2.05) is 37.3 Å². The zero-order valence-corrected chi connectivity index (χ0v) is 29.0. The number of aryl methyl sites for hydroxylation is 1. The SMILES string of the molecule is CC(CC#CCCCC(=O)O)(CC#CCCCC(=O)O)COC(=O)CCCC=CC[C@@H]1[C@@H](CC[C@@H](O)CCc2ccccc2)[C@H](O)C[C@@H]1O. The number of carboxylic acid groups (broad SMARTS) is 2. The summed E-state index contributed by atoms with van der Waals surface area (Å²) in [5, 5.41) is 49.3. The highest BCUT2D eigenvalue weighted by atomic mass is 16.5. The second-order valence-corrected chi connectivity index (χ2v) is 13.6. The molecule has 0 radical (unpaired) electrons. The Morgan fingerprint density at radius 2 is 1.47 bits per heavy atom. The molecule has 9 heteroatoms. The highest BCUT2D eigenvalue weighted by molar-refractivity contribution is 5.69. The number of aliphatic hydroxyl groups is 3. The maximum atomic E-state index is 12.6. The highest BCUT2D eigenvalue weighted by Crippen LogP contribution is 2.38. The van der Waals surface area contributed by atoms with Crippen LogP contribution in [0.4, 0.5) is 0 Å². The van der Waals surface area contributed by atoms with E-state index < -0.39 is 35.7 Å². The van der Waals surface area contributed by atoms with Crippen molar-refractivity contribution in [1.29, 1.82) is 0 Å². The number of carboxylic acids is 2. The number of aliphatic hydroxyl groups excluding tert-OH is 3. The van der Waals surface area contributed by atoms with E-state index in [0.29, 0.717) is 83.5 Å². The van der Waals surface area contributed by atoms with Gasteiger partial charge in [0.2, 0.25) is 0 Å². The van der Waals surface area contributed by atoms with E-state index in [-0.39, 0.29) is 43.7 Å². The molecule has 0 aliphatic heterocycles. The van der Waals surface area contributed by atoms with Gasteiger partial charge in [0.15, 0.2) is 0 Å². The van der Waals surface area contributed by atoms with Crippen LogP contribution in [0.15, 0.2) is 42.5 Å². The largest absolute Gasteiger partial charge is 0.481 e. The summed E-state index contributed by atoms with van der Waals surface area (Å²) in [5.74, 6) is 9.98. The van der Waals surface area contributed by atoms with Gasteiger partial charge in [0.1, 0.15) is 0 Å². The third kappa shape index (κ3) is 18.6. The molecule has 1 aliphatic rings. The van der Waals surface area contributed by atoms with Crippen LogP contribution in [0.3, 0.4) is 0 Å². The topological polar surface area (TPSA) is 162 Å². The average Bonchev–Trinajstić information content (AvgIpc) is 3.34. The quantitative estimate of drug-likeness (QED) is 0.0423. The first kappa shape index (κ1) is 41.5. The number of unbranched alkanes of at least 4 members (excludes halogenated alkanes) is 3. The molecule has 1 aromatic rings. The minimum atomic E-state index is -0.856. The molecule has 1 fully saturated rings.